The second-order valence-corrected chi connectivity index (χ2v) is 2.88. The summed E-state index contributed by atoms with van der Waals surface area (Å²) in [6.07, 6.45) is 1.77. The van der Waals surface area contributed by atoms with E-state index in [4.69, 9.17) is 14.7 Å². The summed E-state index contributed by atoms with van der Waals surface area (Å²) >= 11 is 0. The van der Waals surface area contributed by atoms with Crippen LogP contribution in [0.5, 0.6) is 11.5 Å². The molecule has 14 heavy (non-hydrogen) atoms. The van der Waals surface area contributed by atoms with Gasteiger partial charge in [-0.1, -0.05) is 6.07 Å². The first-order valence-electron chi connectivity index (χ1n) is 4.27. The van der Waals surface area contributed by atoms with Crippen molar-refractivity contribution in [3.63, 3.8) is 0 Å². The van der Waals surface area contributed by atoms with Crippen molar-refractivity contribution < 1.29 is 9.47 Å². The summed E-state index contributed by atoms with van der Waals surface area (Å²) < 4.78 is 10.6. The molecule has 0 N–H and O–H groups in total. The summed E-state index contributed by atoms with van der Waals surface area (Å²) in [5.74, 6) is 1.33. The van der Waals surface area contributed by atoms with Gasteiger partial charge in [0.15, 0.2) is 11.5 Å². The average Bonchev–Trinajstić information content (AvgIpc) is 2.27. The first-order valence-corrected chi connectivity index (χ1v) is 4.27. The number of hydrogen-bond donors (Lipinski definition) is 0. The Kier molecular flexibility index (Phi) is 2.11. The van der Waals surface area contributed by atoms with E-state index in [0.29, 0.717) is 23.7 Å². The van der Waals surface area contributed by atoms with Crippen LogP contribution in [0.1, 0.15) is 5.56 Å². The van der Waals surface area contributed by atoms with E-state index in [2.05, 4.69) is 6.07 Å². The Morgan fingerprint density at radius 3 is 3.07 bits per heavy atom. The quantitative estimate of drug-likeness (QED) is 0.675. The lowest BCUT2D eigenvalue weighted by atomic mass is 10.0. The molecule has 0 radical (unpaired) electrons. The zero-order valence-electron chi connectivity index (χ0n) is 7.78. The third kappa shape index (κ3) is 1.21. The maximum absolute atomic E-state index is 8.89. The molecule has 0 saturated carbocycles. The molecule has 1 aliphatic rings. The zero-order chi connectivity index (χ0) is 9.97. The van der Waals surface area contributed by atoms with Crippen LogP contribution in [-0.4, -0.2) is 13.7 Å². The average molecular weight is 187 g/mol. The Labute approximate surface area is 82.2 Å². The molecule has 1 aromatic carbocycles. The normalized spacial score (nSPS) is 13.3. The van der Waals surface area contributed by atoms with Crippen LogP contribution < -0.4 is 9.47 Å². The van der Waals surface area contributed by atoms with E-state index in [-0.39, 0.29) is 0 Å². The highest BCUT2D eigenvalue weighted by Gasteiger charge is 2.16. The van der Waals surface area contributed by atoms with E-state index in [1.807, 2.05) is 18.2 Å². The number of nitrogens with zero attached hydrogens (tertiary/aromatic N) is 1. The van der Waals surface area contributed by atoms with Crippen LogP contribution in [-0.2, 0) is 0 Å². The van der Waals surface area contributed by atoms with Crippen LogP contribution in [0.3, 0.4) is 0 Å². The number of para-hydroxylation sites is 1. The molecule has 0 saturated heterocycles. The third-order valence-electron chi connectivity index (χ3n) is 2.12. The van der Waals surface area contributed by atoms with Gasteiger partial charge in [-0.3, -0.25) is 0 Å². The number of methoxy groups -OCH3 is 1. The van der Waals surface area contributed by atoms with Gasteiger partial charge in [0.05, 0.1) is 18.8 Å². The van der Waals surface area contributed by atoms with Crippen molar-refractivity contribution in [2.24, 2.45) is 0 Å². The standard InChI is InChI=1S/C11H9NO2/c1-13-10-4-2-3-9-8(7-12)5-6-14-11(9)10/h2-5H,6H2,1H3. The Hall–Kier alpha value is -1.95. The fourth-order valence-corrected chi connectivity index (χ4v) is 1.46. The Bertz CT molecular complexity index is 429. The van der Waals surface area contributed by atoms with Gasteiger partial charge in [-0.2, -0.15) is 5.26 Å². The minimum absolute atomic E-state index is 0.427. The maximum Gasteiger partial charge on any atom is 0.170 e. The van der Waals surface area contributed by atoms with Crippen molar-refractivity contribution in [1.29, 1.82) is 5.26 Å². The molecule has 1 heterocycles. The first kappa shape index (κ1) is 8.64. The number of hydrogen-bond acceptors (Lipinski definition) is 3. The maximum atomic E-state index is 8.89. The van der Waals surface area contributed by atoms with Crippen LogP contribution in [0.15, 0.2) is 24.3 Å². The van der Waals surface area contributed by atoms with Gasteiger partial charge in [-0.25, -0.2) is 0 Å². The topological polar surface area (TPSA) is 42.2 Å². The van der Waals surface area contributed by atoms with Gasteiger partial charge in [-0.15, -0.1) is 0 Å². The molecule has 0 aromatic heterocycles. The lowest BCUT2D eigenvalue weighted by Gasteiger charge is -2.17. The van der Waals surface area contributed by atoms with Crippen molar-refractivity contribution in [2.45, 2.75) is 0 Å². The van der Waals surface area contributed by atoms with E-state index in [0.717, 1.165) is 5.56 Å². The molecule has 2 rings (SSSR count). The van der Waals surface area contributed by atoms with Crippen LogP contribution in [0.2, 0.25) is 0 Å². The molecule has 3 heteroatoms. The molecule has 0 spiro atoms. The summed E-state index contributed by atoms with van der Waals surface area (Å²) in [6.45, 7) is 0.427. The third-order valence-corrected chi connectivity index (χ3v) is 2.12. The largest absolute Gasteiger partial charge is 0.493 e. The highest BCUT2D eigenvalue weighted by molar-refractivity contribution is 5.82. The molecule has 0 unspecified atom stereocenters. The minimum Gasteiger partial charge on any atom is -0.493 e. The molecular formula is C11H9NO2. The summed E-state index contributed by atoms with van der Waals surface area (Å²) in [7, 11) is 1.59. The van der Waals surface area contributed by atoms with Crippen molar-refractivity contribution >= 4 is 5.57 Å². The Morgan fingerprint density at radius 1 is 1.50 bits per heavy atom. The lowest BCUT2D eigenvalue weighted by Crippen LogP contribution is -2.05. The zero-order valence-corrected chi connectivity index (χ0v) is 7.78. The number of fused-ring (bicyclic) bond motifs is 1. The highest BCUT2D eigenvalue weighted by atomic mass is 16.5. The molecular weight excluding hydrogens is 178 g/mol. The summed E-state index contributed by atoms with van der Waals surface area (Å²) in [6, 6.07) is 7.65. The minimum atomic E-state index is 0.427. The highest BCUT2D eigenvalue weighted by Crippen LogP contribution is 2.37. The van der Waals surface area contributed by atoms with E-state index in [1.165, 1.54) is 0 Å². The van der Waals surface area contributed by atoms with Gasteiger partial charge in [0.1, 0.15) is 6.61 Å². The monoisotopic (exact) mass is 187 g/mol. The second kappa shape index (κ2) is 3.43. The molecule has 1 aliphatic heterocycles. The van der Waals surface area contributed by atoms with Crippen molar-refractivity contribution in [1.82, 2.24) is 0 Å². The predicted molar refractivity (Wildman–Crippen MR) is 52.1 cm³/mol. The number of rotatable bonds is 1. The van der Waals surface area contributed by atoms with Gasteiger partial charge in [0, 0.05) is 5.56 Å². The summed E-state index contributed by atoms with van der Waals surface area (Å²) in [4.78, 5) is 0. The second-order valence-electron chi connectivity index (χ2n) is 2.88. The smallest absolute Gasteiger partial charge is 0.170 e. The molecule has 70 valence electrons. The molecule has 1 aromatic rings. The number of ether oxygens (including phenoxy) is 2. The lowest BCUT2D eigenvalue weighted by molar-refractivity contribution is 0.322. The van der Waals surface area contributed by atoms with Gasteiger partial charge >= 0.3 is 0 Å². The fourth-order valence-electron chi connectivity index (χ4n) is 1.46. The van der Waals surface area contributed by atoms with Gasteiger partial charge < -0.3 is 9.47 Å². The fraction of sp³-hybridized carbons (Fsp3) is 0.182. The van der Waals surface area contributed by atoms with Gasteiger partial charge in [0.25, 0.3) is 0 Å². The van der Waals surface area contributed by atoms with Gasteiger partial charge in [-0.05, 0) is 18.2 Å². The van der Waals surface area contributed by atoms with Crippen molar-refractivity contribution in [2.75, 3.05) is 13.7 Å². The summed E-state index contributed by atoms with van der Waals surface area (Å²) in [5.41, 5.74) is 1.45. The van der Waals surface area contributed by atoms with Crippen LogP contribution in [0.25, 0.3) is 5.57 Å². The Morgan fingerprint density at radius 2 is 2.36 bits per heavy atom. The number of nitriles is 1. The Balaban J connectivity index is 2.59. The predicted octanol–water partition coefficient (Wildman–Crippen LogP) is 1.99. The van der Waals surface area contributed by atoms with E-state index >= 15 is 0 Å². The van der Waals surface area contributed by atoms with Crippen LogP contribution in [0, 0.1) is 11.3 Å². The summed E-state index contributed by atoms with van der Waals surface area (Å²) in [5, 5.41) is 8.89. The van der Waals surface area contributed by atoms with Crippen LogP contribution in [0.4, 0.5) is 0 Å². The number of allylic oxidation sites excluding steroid dienone is 1. The first-order chi connectivity index (χ1) is 6.86. The van der Waals surface area contributed by atoms with Crippen LogP contribution >= 0.6 is 0 Å². The van der Waals surface area contributed by atoms with Crippen molar-refractivity contribution in [3.05, 3.63) is 29.8 Å². The molecule has 0 bridgehead atoms. The molecule has 0 aliphatic carbocycles. The molecule has 3 nitrogen and oxygen atoms in total. The molecule has 0 amide bonds. The van der Waals surface area contributed by atoms with E-state index in [1.54, 1.807) is 13.2 Å². The van der Waals surface area contributed by atoms with E-state index < -0.39 is 0 Å². The van der Waals surface area contributed by atoms with E-state index in [9.17, 15) is 0 Å². The molecule has 0 fully saturated rings. The van der Waals surface area contributed by atoms with Gasteiger partial charge in [0.2, 0.25) is 0 Å². The molecule has 0 atom stereocenters. The van der Waals surface area contributed by atoms with Crippen molar-refractivity contribution in [3.8, 4) is 17.6 Å². The SMILES string of the molecule is COc1cccc2c1OCC=C2C#N. The number of benzene rings is 1.